The highest BCUT2D eigenvalue weighted by Crippen LogP contribution is 2.37. The zero-order chi connectivity index (χ0) is 18.7. The Morgan fingerprint density at radius 2 is 1.84 bits per heavy atom. The molecule has 0 aromatic rings. The summed E-state index contributed by atoms with van der Waals surface area (Å²) >= 11 is 0. The fourth-order valence-electron chi connectivity index (χ4n) is 3.72. The minimum absolute atomic E-state index is 0.0218. The normalized spacial score (nSPS) is 27.8. The van der Waals surface area contributed by atoms with Crippen molar-refractivity contribution in [2.75, 3.05) is 0 Å². The Morgan fingerprint density at radius 1 is 1.12 bits per heavy atom. The van der Waals surface area contributed by atoms with Gasteiger partial charge in [-0.1, -0.05) is 57.6 Å². The molecule has 5 nitrogen and oxygen atoms in total. The lowest BCUT2D eigenvalue weighted by atomic mass is 9.88. The van der Waals surface area contributed by atoms with E-state index in [1.165, 1.54) is 0 Å². The maximum atomic E-state index is 10.5. The van der Waals surface area contributed by atoms with Gasteiger partial charge in [-0.05, 0) is 37.5 Å². The van der Waals surface area contributed by atoms with Gasteiger partial charge < -0.3 is 20.4 Å². The van der Waals surface area contributed by atoms with Crippen LogP contribution >= 0.6 is 0 Å². The van der Waals surface area contributed by atoms with E-state index in [4.69, 9.17) is 5.11 Å². The molecule has 0 amide bonds. The van der Waals surface area contributed by atoms with Gasteiger partial charge in [0.05, 0.1) is 18.3 Å². The third-order valence-corrected chi connectivity index (χ3v) is 5.26. The molecule has 0 heterocycles. The van der Waals surface area contributed by atoms with Crippen LogP contribution in [0.15, 0.2) is 12.2 Å². The predicted molar refractivity (Wildman–Crippen MR) is 98.2 cm³/mol. The Morgan fingerprint density at radius 3 is 2.52 bits per heavy atom. The van der Waals surface area contributed by atoms with Crippen LogP contribution in [0, 0.1) is 11.8 Å². The van der Waals surface area contributed by atoms with E-state index in [1.807, 2.05) is 12.2 Å². The van der Waals surface area contributed by atoms with Gasteiger partial charge in [-0.25, -0.2) is 0 Å². The molecule has 5 heteroatoms. The van der Waals surface area contributed by atoms with E-state index in [-0.39, 0.29) is 18.3 Å². The molecule has 25 heavy (non-hydrogen) atoms. The molecule has 5 atom stereocenters. The van der Waals surface area contributed by atoms with Gasteiger partial charge in [0.25, 0.3) is 0 Å². The summed E-state index contributed by atoms with van der Waals surface area (Å²) in [6.07, 6.45) is 11.0. The second kappa shape index (κ2) is 12.4. The quantitative estimate of drug-likeness (QED) is 0.300. The fraction of sp³-hybridized carbons (Fsp3) is 0.850. The smallest absolute Gasteiger partial charge is 0.303 e. The zero-order valence-electron chi connectivity index (χ0n) is 15.5. The Bertz CT molecular complexity index is 396. The van der Waals surface area contributed by atoms with Crippen LogP contribution in [0.4, 0.5) is 0 Å². The fourth-order valence-corrected chi connectivity index (χ4v) is 3.72. The molecule has 0 bridgehead atoms. The molecule has 4 N–H and O–H groups in total. The summed E-state index contributed by atoms with van der Waals surface area (Å²) in [4.78, 5) is 10.5. The van der Waals surface area contributed by atoms with Crippen molar-refractivity contribution in [3.05, 3.63) is 12.2 Å². The minimum atomic E-state index is -0.753. The summed E-state index contributed by atoms with van der Waals surface area (Å²) < 4.78 is 0. The molecule has 0 saturated heterocycles. The number of rotatable bonds is 13. The zero-order valence-corrected chi connectivity index (χ0v) is 15.5. The van der Waals surface area contributed by atoms with Crippen LogP contribution in [0.3, 0.4) is 0 Å². The van der Waals surface area contributed by atoms with E-state index >= 15 is 0 Å². The second-order valence-corrected chi connectivity index (χ2v) is 7.42. The molecule has 5 unspecified atom stereocenters. The van der Waals surface area contributed by atoms with Crippen LogP contribution < -0.4 is 0 Å². The van der Waals surface area contributed by atoms with Gasteiger partial charge in [0.15, 0.2) is 0 Å². The minimum Gasteiger partial charge on any atom is -0.481 e. The van der Waals surface area contributed by atoms with Crippen LogP contribution in [0.25, 0.3) is 0 Å². The van der Waals surface area contributed by atoms with E-state index in [9.17, 15) is 20.1 Å². The Kier molecular flexibility index (Phi) is 11.0. The third-order valence-electron chi connectivity index (χ3n) is 5.26. The first-order chi connectivity index (χ1) is 12.0. The number of aliphatic carboxylic acids is 1. The lowest BCUT2D eigenvalue weighted by Crippen LogP contribution is -2.25. The highest BCUT2D eigenvalue weighted by molar-refractivity contribution is 5.66. The summed E-state index contributed by atoms with van der Waals surface area (Å²) in [6.45, 7) is 2.13. The molecule has 0 spiro atoms. The number of aliphatic hydroxyl groups is 3. The van der Waals surface area contributed by atoms with Gasteiger partial charge >= 0.3 is 5.97 Å². The van der Waals surface area contributed by atoms with E-state index in [1.54, 1.807) is 0 Å². The number of carbonyl (C=O) groups is 1. The third kappa shape index (κ3) is 8.84. The van der Waals surface area contributed by atoms with Crippen molar-refractivity contribution in [3.8, 4) is 0 Å². The van der Waals surface area contributed by atoms with Crippen molar-refractivity contribution in [2.24, 2.45) is 11.8 Å². The summed E-state index contributed by atoms with van der Waals surface area (Å²) in [7, 11) is 0. The van der Waals surface area contributed by atoms with Gasteiger partial charge in [-0.2, -0.15) is 0 Å². The first-order valence-corrected chi connectivity index (χ1v) is 9.90. The molecule has 0 aliphatic heterocycles. The molecule has 146 valence electrons. The van der Waals surface area contributed by atoms with Crippen LogP contribution in [-0.4, -0.2) is 44.7 Å². The molecule has 0 aromatic heterocycles. The summed E-state index contributed by atoms with van der Waals surface area (Å²) in [6, 6.07) is 0. The monoisotopic (exact) mass is 356 g/mol. The van der Waals surface area contributed by atoms with Gasteiger partial charge in [-0.15, -0.1) is 0 Å². The average Bonchev–Trinajstić information content (AvgIpc) is 2.83. The van der Waals surface area contributed by atoms with Gasteiger partial charge in [0.2, 0.25) is 0 Å². The molecule has 1 rings (SSSR count). The maximum absolute atomic E-state index is 10.5. The Labute approximate surface area is 151 Å². The summed E-state index contributed by atoms with van der Waals surface area (Å²) in [5, 5.41) is 38.8. The topological polar surface area (TPSA) is 98.0 Å². The molecule has 1 aliphatic carbocycles. The molecule has 0 aromatic carbocycles. The molecule has 1 saturated carbocycles. The SMILES string of the molecule is CCCCCC(O)/C=C/C1CC(O)C(O)C1CCCCCCC(=O)O. The van der Waals surface area contributed by atoms with Crippen molar-refractivity contribution in [2.45, 2.75) is 95.9 Å². The molecular weight excluding hydrogens is 320 g/mol. The van der Waals surface area contributed by atoms with Gasteiger partial charge in [0, 0.05) is 6.42 Å². The summed E-state index contributed by atoms with van der Waals surface area (Å²) in [5.74, 6) is -0.629. The molecule has 1 aliphatic rings. The number of carboxylic acid groups (broad SMARTS) is 1. The van der Waals surface area contributed by atoms with Crippen molar-refractivity contribution in [3.63, 3.8) is 0 Å². The molecular formula is C20H36O5. The lowest BCUT2D eigenvalue weighted by Gasteiger charge is -2.20. The number of hydrogen-bond acceptors (Lipinski definition) is 4. The largest absolute Gasteiger partial charge is 0.481 e. The van der Waals surface area contributed by atoms with Crippen molar-refractivity contribution in [1.29, 1.82) is 0 Å². The van der Waals surface area contributed by atoms with Crippen LogP contribution in [0.5, 0.6) is 0 Å². The summed E-state index contributed by atoms with van der Waals surface area (Å²) in [5.41, 5.74) is 0. The van der Waals surface area contributed by atoms with E-state index in [0.717, 1.165) is 51.4 Å². The van der Waals surface area contributed by atoms with Gasteiger partial charge in [0.1, 0.15) is 0 Å². The Hall–Kier alpha value is -0.910. The van der Waals surface area contributed by atoms with E-state index < -0.39 is 24.3 Å². The first kappa shape index (κ1) is 22.1. The van der Waals surface area contributed by atoms with E-state index in [0.29, 0.717) is 12.8 Å². The number of hydrogen-bond donors (Lipinski definition) is 4. The molecule has 1 fully saturated rings. The van der Waals surface area contributed by atoms with Crippen LogP contribution in [-0.2, 0) is 4.79 Å². The first-order valence-electron chi connectivity index (χ1n) is 9.90. The van der Waals surface area contributed by atoms with Crippen molar-refractivity contribution < 1.29 is 25.2 Å². The van der Waals surface area contributed by atoms with Crippen LogP contribution in [0.2, 0.25) is 0 Å². The number of allylic oxidation sites excluding steroid dienone is 1. The maximum Gasteiger partial charge on any atom is 0.303 e. The standard InChI is InChI=1S/C20H36O5/c1-2-3-6-9-16(21)13-12-15-14-18(22)20(25)17(15)10-7-4-5-8-11-19(23)24/h12-13,15-18,20-22,25H,2-11,14H2,1H3,(H,23,24)/b13-12+. The highest BCUT2D eigenvalue weighted by Gasteiger charge is 2.39. The lowest BCUT2D eigenvalue weighted by molar-refractivity contribution is -0.137. The number of unbranched alkanes of at least 4 members (excludes halogenated alkanes) is 5. The highest BCUT2D eigenvalue weighted by atomic mass is 16.4. The molecule has 0 radical (unpaired) electrons. The van der Waals surface area contributed by atoms with Crippen molar-refractivity contribution in [1.82, 2.24) is 0 Å². The van der Waals surface area contributed by atoms with Gasteiger partial charge in [-0.3, -0.25) is 4.79 Å². The average molecular weight is 357 g/mol. The number of carboxylic acids is 1. The van der Waals surface area contributed by atoms with E-state index in [2.05, 4.69) is 6.92 Å². The van der Waals surface area contributed by atoms with Crippen molar-refractivity contribution >= 4 is 5.97 Å². The Balaban J connectivity index is 2.36. The second-order valence-electron chi connectivity index (χ2n) is 7.42. The van der Waals surface area contributed by atoms with Crippen LogP contribution in [0.1, 0.15) is 77.6 Å². The number of aliphatic hydroxyl groups excluding tert-OH is 3. The predicted octanol–water partition coefficient (Wildman–Crippen LogP) is 3.27.